The van der Waals surface area contributed by atoms with Crippen molar-refractivity contribution in [2.75, 3.05) is 20.3 Å². The first-order chi connectivity index (χ1) is 5.88. The van der Waals surface area contributed by atoms with Gasteiger partial charge in [0.25, 0.3) is 0 Å². The first kappa shape index (κ1) is 10.0. The van der Waals surface area contributed by atoms with E-state index in [0.29, 0.717) is 12.0 Å². The average Bonchev–Trinajstić information content (AvgIpc) is 2.52. The van der Waals surface area contributed by atoms with Crippen LogP contribution in [0.2, 0.25) is 0 Å². The first-order valence-corrected chi connectivity index (χ1v) is 4.99. The van der Waals surface area contributed by atoms with Gasteiger partial charge in [0.05, 0.1) is 19.3 Å². The summed E-state index contributed by atoms with van der Waals surface area (Å²) in [5, 5.41) is 0. The topological polar surface area (TPSA) is 18.5 Å². The Bertz CT molecular complexity index is 114. The maximum Gasteiger partial charge on any atom is 0.0854 e. The van der Waals surface area contributed by atoms with Gasteiger partial charge in [-0.15, -0.1) is 0 Å². The highest BCUT2D eigenvalue weighted by atomic mass is 16.5. The molecule has 2 nitrogen and oxygen atoms in total. The maximum atomic E-state index is 5.37. The molecule has 0 aromatic heterocycles. The Balaban J connectivity index is 2.12. The van der Waals surface area contributed by atoms with E-state index in [4.69, 9.17) is 9.47 Å². The van der Waals surface area contributed by atoms with E-state index in [1.807, 2.05) is 0 Å². The summed E-state index contributed by atoms with van der Waals surface area (Å²) in [5.74, 6) is 0.654. The Hall–Kier alpha value is -0.0800. The second-order valence-electron chi connectivity index (χ2n) is 3.57. The van der Waals surface area contributed by atoms with Gasteiger partial charge in [-0.25, -0.2) is 0 Å². The van der Waals surface area contributed by atoms with E-state index in [9.17, 15) is 0 Å². The van der Waals surface area contributed by atoms with Crippen LogP contribution in [0.4, 0.5) is 0 Å². The fourth-order valence-corrected chi connectivity index (χ4v) is 1.77. The lowest BCUT2D eigenvalue weighted by Crippen LogP contribution is -2.20. The maximum absolute atomic E-state index is 5.37. The second-order valence-corrected chi connectivity index (χ2v) is 3.57. The van der Waals surface area contributed by atoms with E-state index >= 15 is 0 Å². The van der Waals surface area contributed by atoms with Crippen LogP contribution in [0.3, 0.4) is 0 Å². The van der Waals surface area contributed by atoms with E-state index in [1.54, 1.807) is 7.11 Å². The van der Waals surface area contributed by atoms with Gasteiger partial charge in [-0.05, 0) is 6.42 Å². The summed E-state index contributed by atoms with van der Waals surface area (Å²) < 4.78 is 10.7. The Morgan fingerprint density at radius 2 is 2.17 bits per heavy atom. The van der Waals surface area contributed by atoms with Crippen molar-refractivity contribution in [2.24, 2.45) is 5.92 Å². The van der Waals surface area contributed by atoms with Gasteiger partial charge in [0.15, 0.2) is 0 Å². The fraction of sp³-hybridized carbons (Fsp3) is 1.00. The van der Waals surface area contributed by atoms with Crippen molar-refractivity contribution >= 4 is 0 Å². The predicted molar refractivity (Wildman–Crippen MR) is 49.2 cm³/mol. The highest BCUT2D eigenvalue weighted by Gasteiger charge is 2.27. The van der Waals surface area contributed by atoms with Crippen LogP contribution in [0.15, 0.2) is 0 Å². The van der Waals surface area contributed by atoms with Crippen LogP contribution in [0, 0.1) is 5.92 Å². The molecule has 1 saturated heterocycles. The molecule has 1 rings (SSSR count). The molecule has 0 aromatic carbocycles. The Labute approximate surface area is 75.2 Å². The summed E-state index contributed by atoms with van der Waals surface area (Å²) in [4.78, 5) is 0. The van der Waals surface area contributed by atoms with E-state index < -0.39 is 0 Å². The lowest BCUT2D eigenvalue weighted by Gasteiger charge is -2.14. The Morgan fingerprint density at radius 1 is 1.33 bits per heavy atom. The third-order valence-corrected chi connectivity index (χ3v) is 2.62. The van der Waals surface area contributed by atoms with Crippen LogP contribution in [0.25, 0.3) is 0 Å². The first-order valence-electron chi connectivity index (χ1n) is 4.99. The number of hydrogen-bond acceptors (Lipinski definition) is 2. The van der Waals surface area contributed by atoms with Gasteiger partial charge in [0.2, 0.25) is 0 Å². The fourth-order valence-electron chi connectivity index (χ4n) is 1.77. The molecule has 0 radical (unpaired) electrons. The third-order valence-electron chi connectivity index (χ3n) is 2.62. The number of hydrogen-bond donors (Lipinski definition) is 0. The van der Waals surface area contributed by atoms with Gasteiger partial charge in [0, 0.05) is 13.0 Å². The molecule has 12 heavy (non-hydrogen) atoms. The zero-order chi connectivity index (χ0) is 8.81. The van der Waals surface area contributed by atoms with E-state index in [-0.39, 0.29) is 0 Å². The SMILES string of the molecule is CCCCCC1COC[C@H]1OC. The molecule has 1 heterocycles. The summed E-state index contributed by atoms with van der Waals surface area (Å²) in [6.45, 7) is 3.94. The highest BCUT2D eigenvalue weighted by molar-refractivity contribution is 4.75. The van der Waals surface area contributed by atoms with Gasteiger partial charge in [-0.2, -0.15) is 0 Å². The van der Waals surface area contributed by atoms with Crippen LogP contribution in [0.5, 0.6) is 0 Å². The van der Waals surface area contributed by atoms with Crippen molar-refractivity contribution < 1.29 is 9.47 Å². The predicted octanol–water partition coefficient (Wildman–Crippen LogP) is 2.23. The molecule has 2 atom stereocenters. The molecule has 2 heteroatoms. The monoisotopic (exact) mass is 172 g/mol. The average molecular weight is 172 g/mol. The van der Waals surface area contributed by atoms with Crippen LogP contribution in [-0.4, -0.2) is 26.4 Å². The van der Waals surface area contributed by atoms with Crippen molar-refractivity contribution in [3.63, 3.8) is 0 Å². The molecule has 0 aromatic rings. The van der Waals surface area contributed by atoms with Gasteiger partial charge >= 0.3 is 0 Å². The molecule has 1 aliphatic rings. The largest absolute Gasteiger partial charge is 0.379 e. The van der Waals surface area contributed by atoms with Crippen molar-refractivity contribution in [3.05, 3.63) is 0 Å². The van der Waals surface area contributed by atoms with E-state index in [2.05, 4.69) is 6.92 Å². The van der Waals surface area contributed by atoms with Crippen LogP contribution in [0.1, 0.15) is 32.6 Å². The lowest BCUT2D eigenvalue weighted by molar-refractivity contribution is 0.0645. The molecular formula is C10H20O2. The van der Waals surface area contributed by atoms with Crippen molar-refractivity contribution in [1.82, 2.24) is 0 Å². The molecule has 0 amide bonds. The molecular weight excluding hydrogens is 152 g/mol. The summed E-state index contributed by atoms with van der Waals surface area (Å²) in [6.07, 6.45) is 5.59. The molecule has 0 bridgehead atoms. The quantitative estimate of drug-likeness (QED) is 0.592. The molecule has 0 N–H and O–H groups in total. The normalized spacial score (nSPS) is 29.5. The van der Waals surface area contributed by atoms with Crippen molar-refractivity contribution in [2.45, 2.75) is 38.7 Å². The molecule has 0 saturated carbocycles. The van der Waals surface area contributed by atoms with Gasteiger partial charge in [-0.1, -0.05) is 26.2 Å². The van der Waals surface area contributed by atoms with Crippen molar-refractivity contribution in [1.29, 1.82) is 0 Å². The second kappa shape index (κ2) is 5.55. The molecule has 72 valence electrons. The number of unbranched alkanes of at least 4 members (excludes halogenated alkanes) is 2. The van der Waals surface area contributed by atoms with Crippen molar-refractivity contribution in [3.8, 4) is 0 Å². The molecule has 0 spiro atoms. The number of rotatable bonds is 5. The summed E-state index contributed by atoms with van der Waals surface area (Å²) in [6, 6.07) is 0. The van der Waals surface area contributed by atoms with Crippen LogP contribution in [-0.2, 0) is 9.47 Å². The van der Waals surface area contributed by atoms with Gasteiger partial charge in [0.1, 0.15) is 0 Å². The van der Waals surface area contributed by atoms with E-state index in [1.165, 1.54) is 25.7 Å². The summed E-state index contributed by atoms with van der Waals surface area (Å²) in [5.41, 5.74) is 0. The van der Waals surface area contributed by atoms with Gasteiger partial charge < -0.3 is 9.47 Å². The summed E-state index contributed by atoms with van der Waals surface area (Å²) in [7, 11) is 1.78. The van der Waals surface area contributed by atoms with Crippen LogP contribution < -0.4 is 0 Å². The number of ether oxygens (including phenoxy) is 2. The molecule has 1 unspecified atom stereocenters. The Morgan fingerprint density at radius 3 is 2.83 bits per heavy atom. The lowest BCUT2D eigenvalue weighted by atomic mass is 9.98. The zero-order valence-electron chi connectivity index (χ0n) is 8.21. The smallest absolute Gasteiger partial charge is 0.0854 e. The van der Waals surface area contributed by atoms with Gasteiger partial charge in [-0.3, -0.25) is 0 Å². The molecule has 0 aliphatic carbocycles. The standard InChI is InChI=1S/C10H20O2/c1-3-4-5-6-9-7-12-8-10(9)11-2/h9-10H,3-8H2,1-2H3/t9?,10-/m1/s1. The molecule has 1 fully saturated rings. The third kappa shape index (κ3) is 2.76. The minimum absolute atomic E-state index is 0.363. The Kier molecular flexibility index (Phi) is 4.62. The minimum Gasteiger partial charge on any atom is -0.379 e. The highest BCUT2D eigenvalue weighted by Crippen LogP contribution is 2.22. The number of methoxy groups -OCH3 is 1. The molecule has 1 aliphatic heterocycles. The summed E-state index contributed by atoms with van der Waals surface area (Å²) >= 11 is 0. The zero-order valence-corrected chi connectivity index (χ0v) is 8.21. The van der Waals surface area contributed by atoms with E-state index in [0.717, 1.165) is 13.2 Å². The van der Waals surface area contributed by atoms with Crippen LogP contribution >= 0.6 is 0 Å². The minimum atomic E-state index is 0.363.